The van der Waals surface area contributed by atoms with Crippen molar-refractivity contribution in [3.8, 4) is 22.1 Å². The van der Waals surface area contributed by atoms with E-state index in [0.717, 1.165) is 21.3 Å². The number of ether oxygens (including phenoxy) is 2. The highest BCUT2D eigenvalue weighted by molar-refractivity contribution is 7.19. The normalized spacial score (nSPS) is 11.0. The maximum Gasteiger partial charge on any atom is 0.259 e. The van der Waals surface area contributed by atoms with Crippen LogP contribution in [0.5, 0.6) is 11.5 Å². The Morgan fingerprint density at radius 2 is 1.77 bits per heavy atom. The lowest BCUT2D eigenvalue weighted by Crippen LogP contribution is -2.14. The fourth-order valence-corrected chi connectivity index (χ4v) is 4.19. The van der Waals surface area contributed by atoms with Crippen molar-refractivity contribution in [2.45, 2.75) is 0 Å². The molecule has 9 heteroatoms. The zero-order chi connectivity index (χ0) is 21.4. The number of benzene rings is 3. The summed E-state index contributed by atoms with van der Waals surface area (Å²) in [6, 6.07) is 17.0. The van der Waals surface area contributed by atoms with Crippen LogP contribution in [0.25, 0.3) is 26.3 Å². The van der Waals surface area contributed by atoms with Crippen molar-refractivity contribution in [1.82, 2.24) is 19.8 Å². The summed E-state index contributed by atoms with van der Waals surface area (Å²) in [5.74, 6) is 0.746. The summed E-state index contributed by atoms with van der Waals surface area (Å²) >= 11 is 1.41. The SMILES string of the molecule is COc1ccc(-c2nn3cnnc3s2)cc1NC(=O)c1cc2ccccc2cc1OC. The summed E-state index contributed by atoms with van der Waals surface area (Å²) < 4.78 is 12.5. The number of aromatic nitrogens is 4. The first-order valence-electron chi connectivity index (χ1n) is 9.39. The first-order chi connectivity index (χ1) is 15.2. The van der Waals surface area contributed by atoms with Crippen LogP contribution in [0.3, 0.4) is 0 Å². The van der Waals surface area contributed by atoms with Crippen LogP contribution in [0.15, 0.2) is 60.9 Å². The molecule has 8 nitrogen and oxygen atoms in total. The van der Waals surface area contributed by atoms with E-state index in [1.165, 1.54) is 11.3 Å². The maximum atomic E-state index is 13.2. The Hall–Kier alpha value is -3.98. The van der Waals surface area contributed by atoms with E-state index < -0.39 is 0 Å². The molecule has 31 heavy (non-hydrogen) atoms. The Kier molecular flexibility index (Phi) is 4.72. The number of nitrogens with zero attached hydrogens (tertiary/aromatic N) is 4. The smallest absolute Gasteiger partial charge is 0.259 e. The Labute approximate surface area is 181 Å². The number of fused-ring (bicyclic) bond motifs is 2. The third-order valence-electron chi connectivity index (χ3n) is 4.89. The van der Waals surface area contributed by atoms with Gasteiger partial charge in [0, 0.05) is 5.56 Å². The van der Waals surface area contributed by atoms with Crippen molar-refractivity contribution in [1.29, 1.82) is 0 Å². The van der Waals surface area contributed by atoms with Gasteiger partial charge in [-0.25, -0.2) is 0 Å². The van der Waals surface area contributed by atoms with E-state index in [9.17, 15) is 4.79 Å². The van der Waals surface area contributed by atoms with Gasteiger partial charge in [-0.1, -0.05) is 35.6 Å². The second-order valence-electron chi connectivity index (χ2n) is 6.73. The molecule has 0 fully saturated rings. The number of hydrogen-bond donors (Lipinski definition) is 1. The molecule has 0 aliphatic heterocycles. The number of rotatable bonds is 5. The monoisotopic (exact) mass is 431 g/mol. The molecule has 5 rings (SSSR count). The number of hydrogen-bond acceptors (Lipinski definition) is 7. The molecule has 2 aromatic heterocycles. The Morgan fingerprint density at radius 1 is 1.00 bits per heavy atom. The largest absolute Gasteiger partial charge is 0.496 e. The van der Waals surface area contributed by atoms with E-state index in [1.807, 2.05) is 48.5 Å². The molecular weight excluding hydrogens is 414 g/mol. The summed E-state index contributed by atoms with van der Waals surface area (Å²) in [5, 5.41) is 18.0. The van der Waals surface area contributed by atoms with Crippen molar-refractivity contribution in [3.63, 3.8) is 0 Å². The molecule has 0 saturated heterocycles. The molecule has 0 radical (unpaired) electrons. The maximum absolute atomic E-state index is 13.2. The zero-order valence-corrected chi connectivity index (χ0v) is 17.5. The predicted octanol–water partition coefficient (Wildman–Crippen LogP) is 4.28. The van der Waals surface area contributed by atoms with E-state index >= 15 is 0 Å². The van der Waals surface area contributed by atoms with Gasteiger partial charge < -0.3 is 14.8 Å². The molecule has 1 amide bonds. The van der Waals surface area contributed by atoms with Gasteiger partial charge in [0.2, 0.25) is 4.96 Å². The predicted molar refractivity (Wildman–Crippen MR) is 119 cm³/mol. The molecule has 0 bridgehead atoms. The van der Waals surface area contributed by atoms with Gasteiger partial charge in [0.25, 0.3) is 5.91 Å². The van der Waals surface area contributed by atoms with Gasteiger partial charge in [-0.15, -0.1) is 10.2 Å². The lowest BCUT2D eigenvalue weighted by molar-refractivity contribution is 0.102. The second kappa shape index (κ2) is 7.69. The minimum Gasteiger partial charge on any atom is -0.496 e. The second-order valence-corrected chi connectivity index (χ2v) is 7.69. The van der Waals surface area contributed by atoms with Crippen LogP contribution in [0, 0.1) is 0 Å². The third-order valence-corrected chi connectivity index (χ3v) is 5.86. The van der Waals surface area contributed by atoms with Crippen LogP contribution in [-0.2, 0) is 0 Å². The molecule has 0 aliphatic rings. The van der Waals surface area contributed by atoms with Crippen molar-refractivity contribution < 1.29 is 14.3 Å². The van der Waals surface area contributed by atoms with Gasteiger partial charge in [-0.3, -0.25) is 4.79 Å². The van der Waals surface area contributed by atoms with E-state index in [1.54, 1.807) is 31.1 Å². The molecule has 3 aromatic carbocycles. The van der Waals surface area contributed by atoms with Gasteiger partial charge >= 0.3 is 0 Å². The van der Waals surface area contributed by atoms with Crippen LogP contribution >= 0.6 is 11.3 Å². The fraction of sp³-hybridized carbons (Fsp3) is 0.0909. The summed E-state index contributed by atoms with van der Waals surface area (Å²) in [5.41, 5.74) is 1.80. The molecule has 0 saturated carbocycles. The van der Waals surface area contributed by atoms with Gasteiger partial charge in [0.05, 0.1) is 25.5 Å². The summed E-state index contributed by atoms with van der Waals surface area (Å²) in [4.78, 5) is 13.9. The summed E-state index contributed by atoms with van der Waals surface area (Å²) in [6.07, 6.45) is 1.55. The third kappa shape index (κ3) is 3.44. The van der Waals surface area contributed by atoms with Crippen LogP contribution in [-0.4, -0.2) is 39.9 Å². The zero-order valence-electron chi connectivity index (χ0n) is 16.7. The van der Waals surface area contributed by atoms with Crippen molar-refractivity contribution >= 4 is 38.7 Å². The number of carbonyl (C=O) groups is 1. The Balaban J connectivity index is 1.52. The van der Waals surface area contributed by atoms with E-state index in [2.05, 4.69) is 20.6 Å². The van der Waals surface area contributed by atoms with Gasteiger partial charge in [-0.2, -0.15) is 9.61 Å². The summed E-state index contributed by atoms with van der Waals surface area (Å²) in [6.45, 7) is 0. The number of amides is 1. The highest BCUT2D eigenvalue weighted by atomic mass is 32.1. The van der Waals surface area contributed by atoms with Crippen LogP contribution in [0.1, 0.15) is 10.4 Å². The van der Waals surface area contributed by atoms with Crippen LogP contribution < -0.4 is 14.8 Å². The molecule has 0 spiro atoms. The lowest BCUT2D eigenvalue weighted by Gasteiger charge is -2.14. The van der Waals surface area contributed by atoms with Crippen molar-refractivity contribution in [3.05, 3.63) is 66.5 Å². The number of methoxy groups -OCH3 is 2. The van der Waals surface area contributed by atoms with E-state index in [4.69, 9.17) is 9.47 Å². The number of nitrogens with one attached hydrogen (secondary N) is 1. The molecule has 0 unspecified atom stereocenters. The Bertz CT molecular complexity index is 1400. The average Bonchev–Trinajstić information content (AvgIpc) is 3.40. The highest BCUT2D eigenvalue weighted by Gasteiger charge is 2.17. The van der Waals surface area contributed by atoms with Gasteiger partial charge in [-0.05, 0) is 41.1 Å². The standard InChI is InChI=1S/C22H17N5O3S/c1-29-18-8-7-15(21-26-27-12-23-25-22(27)31-21)10-17(18)24-20(28)16-9-13-5-3-4-6-14(13)11-19(16)30-2/h3-12H,1-2H3,(H,24,28). The lowest BCUT2D eigenvalue weighted by atomic mass is 10.0. The molecule has 2 heterocycles. The molecule has 0 aliphatic carbocycles. The highest BCUT2D eigenvalue weighted by Crippen LogP contribution is 2.34. The first kappa shape index (κ1) is 19.0. The Morgan fingerprint density at radius 3 is 2.52 bits per heavy atom. The molecule has 0 atom stereocenters. The summed E-state index contributed by atoms with van der Waals surface area (Å²) in [7, 11) is 3.11. The quantitative estimate of drug-likeness (QED) is 0.447. The topological polar surface area (TPSA) is 90.6 Å². The average molecular weight is 431 g/mol. The number of anilines is 1. The van der Waals surface area contributed by atoms with Crippen LogP contribution in [0.2, 0.25) is 0 Å². The molecule has 154 valence electrons. The fourth-order valence-electron chi connectivity index (χ4n) is 3.37. The van der Waals surface area contributed by atoms with E-state index in [-0.39, 0.29) is 5.91 Å². The van der Waals surface area contributed by atoms with Crippen molar-refractivity contribution in [2.24, 2.45) is 0 Å². The van der Waals surface area contributed by atoms with Crippen LogP contribution in [0.4, 0.5) is 5.69 Å². The first-order valence-corrected chi connectivity index (χ1v) is 10.2. The molecule has 5 aromatic rings. The molecular formula is C22H17N5O3S. The minimum atomic E-state index is -0.295. The van der Waals surface area contributed by atoms with Gasteiger partial charge in [0.1, 0.15) is 22.8 Å². The molecule has 1 N–H and O–H groups in total. The van der Waals surface area contributed by atoms with Gasteiger partial charge in [0.15, 0.2) is 0 Å². The number of carbonyl (C=O) groups excluding carboxylic acids is 1. The van der Waals surface area contributed by atoms with E-state index in [0.29, 0.717) is 27.7 Å². The van der Waals surface area contributed by atoms with Crippen molar-refractivity contribution in [2.75, 3.05) is 19.5 Å². The minimum absolute atomic E-state index is 0.295.